The molecule has 3 nitrogen and oxygen atoms in total. The van der Waals surface area contributed by atoms with Crippen LogP contribution >= 0.6 is 0 Å². The molecule has 0 saturated heterocycles. The minimum absolute atomic E-state index is 0.379. The van der Waals surface area contributed by atoms with E-state index in [0.717, 1.165) is 42.9 Å². The molecular formula is C15H18N2O. The van der Waals surface area contributed by atoms with Crippen molar-refractivity contribution in [2.24, 2.45) is 5.73 Å². The molecule has 18 heavy (non-hydrogen) atoms. The minimum atomic E-state index is 0.379. The van der Waals surface area contributed by atoms with Crippen LogP contribution in [0.4, 0.5) is 0 Å². The summed E-state index contributed by atoms with van der Waals surface area (Å²) in [4.78, 5) is 10.8. The van der Waals surface area contributed by atoms with E-state index in [1.165, 1.54) is 5.52 Å². The zero-order valence-electron chi connectivity index (χ0n) is 10.4. The first-order valence-electron chi connectivity index (χ1n) is 6.59. The van der Waals surface area contributed by atoms with Crippen LogP contribution in [0.1, 0.15) is 42.1 Å². The van der Waals surface area contributed by atoms with Gasteiger partial charge in [-0.05, 0) is 49.9 Å². The van der Waals surface area contributed by atoms with Crippen LogP contribution in [0, 0.1) is 0 Å². The summed E-state index contributed by atoms with van der Waals surface area (Å²) in [5.41, 5.74) is 7.92. The van der Waals surface area contributed by atoms with Crippen molar-refractivity contribution >= 4 is 17.2 Å². The summed E-state index contributed by atoms with van der Waals surface area (Å²) in [6.45, 7) is 0. The molecule has 1 fully saturated rings. The van der Waals surface area contributed by atoms with E-state index in [4.69, 9.17) is 5.73 Å². The number of carbonyl (C=O) groups is 1. The first-order valence-corrected chi connectivity index (χ1v) is 6.59. The molecule has 1 saturated carbocycles. The third-order valence-electron chi connectivity index (χ3n) is 4.02. The lowest BCUT2D eigenvalue weighted by Gasteiger charge is -2.28. The van der Waals surface area contributed by atoms with Crippen molar-refractivity contribution < 1.29 is 4.79 Å². The van der Waals surface area contributed by atoms with Crippen molar-refractivity contribution in [3.63, 3.8) is 0 Å². The van der Waals surface area contributed by atoms with Crippen molar-refractivity contribution in [3.05, 3.63) is 36.0 Å². The van der Waals surface area contributed by atoms with Gasteiger partial charge >= 0.3 is 0 Å². The Kier molecular flexibility index (Phi) is 2.92. The van der Waals surface area contributed by atoms with Crippen LogP contribution in [-0.4, -0.2) is 16.9 Å². The average Bonchev–Trinajstić information content (AvgIpc) is 2.82. The third kappa shape index (κ3) is 1.95. The molecular weight excluding hydrogens is 224 g/mol. The fourth-order valence-corrected chi connectivity index (χ4v) is 2.95. The maximum Gasteiger partial charge on any atom is 0.150 e. The van der Waals surface area contributed by atoms with E-state index in [1.807, 2.05) is 18.2 Å². The molecule has 0 amide bonds. The largest absolute Gasteiger partial charge is 0.344 e. The zero-order valence-corrected chi connectivity index (χ0v) is 10.4. The number of fused-ring (bicyclic) bond motifs is 1. The Hall–Kier alpha value is -1.61. The lowest BCUT2D eigenvalue weighted by Crippen LogP contribution is -2.27. The number of hydrogen-bond donors (Lipinski definition) is 1. The van der Waals surface area contributed by atoms with Crippen LogP contribution in [0.5, 0.6) is 0 Å². The van der Waals surface area contributed by atoms with Crippen LogP contribution in [0.15, 0.2) is 30.5 Å². The molecule has 1 heterocycles. The first kappa shape index (κ1) is 11.5. The molecule has 3 heteroatoms. The number of rotatable bonds is 2. The number of nitrogens with two attached hydrogens (primary N) is 1. The van der Waals surface area contributed by atoms with Crippen molar-refractivity contribution in [2.45, 2.75) is 37.8 Å². The highest BCUT2D eigenvalue weighted by Gasteiger charge is 2.20. The highest BCUT2D eigenvalue weighted by Crippen LogP contribution is 2.31. The molecule has 2 N–H and O–H groups in total. The van der Waals surface area contributed by atoms with Crippen LogP contribution in [0.2, 0.25) is 0 Å². The van der Waals surface area contributed by atoms with Gasteiger partial charge in [0.05, 0.1) is 0 Å². The van der Waals surface area contributed by atoms with Gasteiger partial charge in [0.25, 0.3) is 0 Å². The summed E-state index contributed by atoms with van der Waals surface area (Å²) in [6, 6.07) is 8.92. The van der Waals surface area contributed by atoms with Gasteiger partial charge in [-0.25, -0.2) is 0 Å². The first-order chi connectivity index (χ1) is 8.78. The number of aldehydes is 1. The van der Waals surface area contributed by atoms with E-state index in [0.29, 0.717) is 12.1 Å². The number of nitrogens with zero attached hydrogens (tertiary/aromatic N) is 1. The van der Waals surface area contributed by atoms with Gasteiger partial charge < -0.3 is 10.3 Å². The molecule has 1 aliphatic carbocycles. The highest BCUT2D eigenvalue weighted by molar-refractivity contribution is 5.87. The molecule has 1 aromatic carbocycles. The average molecular weight is 242 g/mol. The van der Waals surface area contributed by atoms with Crippen LogP contribution in [-0.2, 0) is 0 Å². The van der Waals surface area contributed by atoms with Crippen LogP contribution in [0.3, 0.4) is 0 Å². The van der Waals surface area contributed by atoms with Gasteiger partial charge in [0, 0.05) is 34.7 Å². The molecule has 0 unspecified atom stereocenters. The molecule has 0 bridgehead atoms. The molecule has 0 aliphatic heterocycles. The van der Waals surface area contributed by atoms with E-state index in [-0.39, 0.29) is 0 Å². The fourth-order valence-electron chi connectivity index (χ4n) is 2.95. The van der Waals surface area contributed by atoms with Crippen LogP contribution < -0.4 is 5.73 Å². The predicted molar refractivity (Wildman–Crippen MR) is 72.8 cm³/mol. The quantitative estimate of drug-likeness (QED) is 0.823. The molecule has 3 rings (SSSR count). The molecule has 1 aromatic heterocycles. The minimum Gasteiger partial charge on any atom is -0.344 e. The molecule has 1 aliphatic rings. The normalized spacial score (nSPS) is 24.3. The summed E-state index contributed by atoms with van der Waals surface area (Å²) in [5, 5.41) is 1.15. The Bertz CT molecular complexity index is 565. The van der Waals surface area contributed by atoms with Gasteiger partial charge in [0.2, 0.25) is 0 Å². The molecule has 94 valence electrons. The maximum atomic E-state index is 10.8. The molecule has 2 aromatic rings. The van der Waals surface area contributed by atoms with Gasteiger partial charge in [-0.1, -0.05) is 0 Å². The van der Waals surface area contributed by atoms with Gasteiger partial charge in [-0.15, -0.1) is 0 Å². The summed E-state index contributed by atoms with van der Waals surface area (Å²) in [7, 11) is 0. The summed E-state index contributed by atoms with van der Waals surface area (Å²) in [5.74, 6) is 0. The Morgan fingerprint density at radius 3 is 2.67 bits per heavy atom. The van der Waals surface area contributed by atoms with E-state index in [1.54, 1.807) is 0 Å². The summed E-state index contributed by atoms with van der Waals surface area (Å²) in [6.07, 6.45) is 7.56. The van der Waals surface area contributed by atoms with E-state index < -0.39 is 0 Å². The maximum absolute atomic E-state index is 10.8. The number of carbonyl (C=O) groups excluding carboxylic acids is 1. The van der Waals surface area contributed by atoms with Gasteiger partial charge in [0.15, 0.2) is 0 Å². The zero-order chi connectivity index (χ0) is 12.5. The van der Waals surface area contributed by atoms with E-state index >= 15 is 0 Å². The van der Waals surface area contributed by atoms with Crippen molar-refractivity contribution in [2.75, 3.05) is 0 Å². The Morgan fingerprint density at radius 1 is 1.17 bits per heavy atom. The lowest BCUT2D eigenvalue weighted by molar-refractivity contribution is 0.112. The van der Waals surface area contributed by atoms with Crippen LogP contribution in [0.25, 0.3) is 10.9 Å². The standard InChI is InChI=1S/C15H18N2O/c16-13-2-4-14(5-3-13)17-8-7-12-9-11(10-18)1-6-15(12)17/h1,6-10,13-14H,2-5,16H2. The monoisotopic (exact) mass is 242 g/mol. The smallest absolute Gasteiger partial charge is 0.150 e. The topological polar surface area (TPSA) is 48.0 Å². The van der Waals surface area contributed by atoms with Gasteiger partial charge in [-0.3, -0.25) is 4.79 Å². The van der Waals surface area contributed by atoms with E-state index in [2.05, 4.69) is 16.8 Å². The second-order valence-corrected chi connectivity index (χ2v) is 5.23. The molecule has 0 radical (unpaired) electrons. The Balaban J connectivity index is 1.95. The fraction of sp³-hybridized carbons (Fsp3) is 0.400. The predicted octanol–water partition coefficient (Wildman–Crippen LogP) is 2.90. The summed E-state index contributed by atoms with van der Waals surface area (Å²) < 4.78 is 2.34. The SMILES string of the molecule is NC1CCC(n2ccc3cc(C=O)ccc32)CC1. The van der Waals surface area contributed by atoms with Gasteiger partial charge in [0.1, 0.15) is 6.29 Å². The highest BCUT2D eigenvalue weighted by atomic mass is 16.1. The second-order valence-electron chi connectivity index (χ2n) is 5.23. The van der Waals surface area contributed by atoms with Crippen molar-refractivity contribution in [1.82, 2.24) is 4.57 Å². The molecule has 0 spiro atoms. The van der Waals surface area contributed by atoms with Crippen molar-refractivity contribution in [1.29, 1.82) is 0 Å². The van der Waals surface area contributed by atoms with Gasteiger partial charge in [-0.2, -0.15) is 0 Å². The summed E-state index contributed by atoms with van der Waals surface area (Å²) >= 11 is 0. The number of aromatic nitrogens is 1. The Morgan fingerprint density at radius 2 is 1.94 bits per heavy atom. The Labute approximate surface area is 107 Å². The third-order valence-corrected chi connectivity index (χ3v) is 4.02. The molecule has 0 atom stereocenters. The van der Waals surface area contributed by atoms with Crippen molar-refractivity contribution in [3.8, 4) is 0 Å². The number of hydrogen-bond acceptors (Lipinski definition) is 2. The van der Waals surface area contributed by atoms with E-state index in [9.17, 15) is 4.79 Å². The lowest BCUT2D eigenvalue weighted by atomic mass is 9.91. The second kappa shape index (κ2) is 4.58. The number of benzene rings is 1.